The van der Waals surface area contributed by atoms with Crippen LogP contribution in [0.2, 0.25) is 0 Å². The van der Waals surface area contributed by atoms with Gasteiger partial charge < -0.3 is 14.5 Å². The van der Waals surface area contributed by atoms with Crippen molar-refractivity contribution in [3.63, 3.8) is 0 Å². The Balaban J connectivity index is 1.58. The lowest BCUT2D eigenvalue weighted by Gasteiger charge is -2.37. The van der Waals surface area contributed by atoms with Crippen LogP contribution in [0.25, 0.3) is 0 Å². The number of nitrogens with zero attached hydrogens (tertiary/aromatic N) is 4. The van der Waals surface area contributed by atoms with E-state index in [9.17, 15) is 4.79 Å². The molecule has 1 aliphatic heterocycles. The van der Waals surface area contributed by atoms with E-state index in [1.54, 1.807) is 12.4 Å². The summed E-state index contributed by atoms with van der Waals surface area (Å²) < 4.78 is 5.03. The van der Waals surface area contributed by atoms with Crippen LogP contribution in [0, 0.1) is 0 Å². The van der Waals surface area contributed by atoms with Crippen LogP contribution in [0.3, 0.4) is 0 Å². The van der Waals surface area contributed by atoms with E-state index in [2.05, 4.69) is 26.8 Å². The molecule has 0 bridgehead atoms. The molecule has 0 saturated carbocycles. The first kappa shape index (κ1) is 17.2. The van der Waals surface area contributed by atoms with Crippen molar-refractivity contribution >= 4 is 17.6 Å². The normalized spacial score (nSPS) is 15.0. The van der Waals surface area contributed by atoms with Gasteiger partial charge in [-0.15, -0.1) is 0 Å². The zero-order chi connectivity index (χ0) is 17.6. The van der Waals surface area contributed by atoms with Crippen LogP contribution in [0.4, 0.5) is 11.6 Å². The second kappa shape index (κ2) is 7.96. The highest BCUT2D eigenvalue weighted by molar-refractivity contribution is 5.89. The molecule has 1 aromatic carbocycles. The van der Waals surface area contributed by atoms with Gasteiger partial charge >= 0.3 is 5.97 Å². The zero-order valence-electron chi connectivity index (χ0n) is 14.8. The highest BCUT2D eigenvalue weighted by Gasteiger charge is 2.24. The standard InChI is InChI=1S/C19H24N4O2/c1-3-25-18(24)15-5-7-17(8-6-15)23-13-9-16(10-14-23)22(2)19-20-11-4-12-21-19/h4-8,11-12,16H,3,9-10,13-14H2,1-2H3. The minimum Gasteiger partial charge on any atom is -0.462 e. The van der Waals surface area contributed by atoms with Crippen LogP contribution in [0.5, 0.6) is 0 Å². The van der Waals surface area contributed by atoms with Crippen molar-refractivity contribution in [1.82, 2.24) is 9.97 Å². The SMILES string of the molecule is CCOC(=O)c1ccc(N2CCC(N(C)c3ncccn3)CC2)cc1. The number of carbonyl (C=O) groups is 1. The number of anilines is 2. The maximum atomic E-state index is 11.7. The first-order chi connectivity index (χ1) is 12.2. The van der Waals surface area contributed by atoms with Gasteiger partial charge in [-0.2, -0.15) is 0 Å². The summed E-state index contributed by atoms with van der Waals surface area (Å²) in [6.45, 7) is 4.15. The molecule has 25 heavy (non-hydrogen) atoms. The van der Waals surface area contributed by atoms with Crippen LogP contribution >= 0.6 is 0 Å². The van der Waals surface area contributed by atoms with Crippen LogP contribution in [-0.2, 0) is 4.74 Å². The van der Waals surface area contributed by atoms with Crippen LogP contribution in [0.15, 0.2) is 42.7 Å². The Morgan fingerprint density at radius 2 is 1.84 bits per heavy atom. The van der Waals surface area contributed by atoms with Gasteiger partial charge in [-0.3, -0.25) is 0 Å². The molecule has 0 aliphatic carbocycles. The Bertz CT molecular complexity index is 682. The molecule has 2 heterocycles. The Labute approximate surface area is 148 Å². The maximum Gasteiger partial charge on any atom is 0.338 e. The number of carbonyl (C=O) groups excluding carboxylic acids is 1. The molecule has 0 amide bonds. The first-order valence-electron chi connectivity index (χ1n) is 8.71. The predicted octanol–water partition coefficient (Wildman–Crippen LogP) is 2.76. The molecule has 1 aliphatic rings. The zero-order valence-corrected chi connectivity index (χ0v) is 14.8. The largest absolute Gasteiger partial charge is 0.462 e. The summed E-state index contributed by atoms with van der Waals surface area (Å²) in [5, 5.41) is 0. The molecule has 6 nitrogen and oxygen atoms in total. The molecular formula is C19H24N4O2. The second-order valence-corrected chi connectivity index (χ2v) is 6.15. The second-order valence-electron chi connectivity index (χ2n) is 6.15. The summed E-state index contributed by atoms with van der Waals surface area (Å²) in [5.41, 5.74) is 1.74. The van der Waals surface area contributed by atoms with Gasteiger partial charge in [0.25, 0.3) is 0 Å². The van der Waals surface area contributed by atoms with Gasteiger partial charge in [-0.25, -0.2) is 14.8 Å². The molecule has 0 unspecified atom stereocenters. The van der Waals surface area contributed by atoms with E-state index in [1.807, 2.05) is 37.3 Å². The van der Waals surface area contributed by atoms with Gasteiger partial charge in [-0.05, 0) is 50.1 Å². The molecule has 0 spiro atoms. The summed E-state index contributed by atoms with van der Waals surface area (Å²) in [4.78, 5) is 24.9. The lowest BCUT2D eigenvalue weighted by molar-refractivity contribution is 0.0526. The highest BCUT2D eigenvalue weighted by Crippen LogP contribution is 2.24. The minimum atomic E-state index is -0.266. The number of rotatable bonds is 5. The molecule has 0 radical (unpaired) electrons. The molecule has 3 rings (SSSR count). The van der Waals surface area contributed by atoms with E-state index in [0.717, 1.165) is 37.6 Å². The fourth-order valence-electron chi connectivity index (χ4n) is 3.17. The minimum absolute atomic E-state index is 0.266. The fourth-order valence-corrected chi connectivity index (χ4v) is 3.17. The number of ether oxygens (including phenoxy) is 1. The Morgan fingerprint density at radius 3 is 2.44 bits per heavy atom. The third-order valence-corrected chi connectivity index (χ3v) is 4.62. The van der Waals surface area contributed by atoms with E-state index in [0.29, 0.717) is 18.2 Å². The number of hydrogen-bond donors (Lipinski definition) is 0. The smallest absolute Gasteiger partial charge is 0.338 e. The van der Waals surface area contributed by atoms with Gasteiger partial charge in [0.2, 0.25) is 5.95 Å². The fraction of sp³-hybridized carbons (Fsp3) is 0.421. The van der Waals surface area contributed by atoms with E-state index in [1.165, 1.54) is 0 Å². The van der Waals surface area contributed by atoms with Gasteiger partial charge in [0, 0.05) is 44.3 Å². The van der Waals surface area contributed by atoms with Crippen molar-refractivity contribution in [2.24, 2.45) is 0 Å². The summed E-state index contributed by atoms with van der Waals surface area (Å²) in [7, 11) is 2.06. The number of benzene rings is 1. The molecular weight excluding hydrogens is 316 g/mol. The molecule has 1 saturated heterocycles. The third kappa shape index (κ3) is 4.07. The van der Waals surface area contributed by atoms with Crippen molar-refractivity contribution in [3.05, 3.63) is 48.3 Å². The first-order valence-corrected chi connectivity index (χ1v) is 8.71. The van der Waals surface area contributed by atoms with E-state index >= 15 is 0 Å². The van der Waals surface area contributed by atoms with Crippen LogP contribution < -0.4 is 9.80 Å². The van der Waals surface area contributed by atoms with Crippen molar-refractivity contribution < 1.29 is 9.53 Å². The summed E-state index contributed by atoms with van der Waals surface area (Å²) in [6, 6.07) is 9.94. The lowest BCUT2D eigenvalue weighted by atomic mass is 10.0. The molecule has 0 atom stereocenters. The average Bonchev–Trinajstić information content (AvgIpc) is 2.68. The van der Waals surface area contributed by atoms with Gasteiger partial charge in [0.05, 0.1) is 12.2 Å². The van der Waals surface area contributed by atoms with Crippen molar-refractivity contribution in [2.75, 3.05) is 36.5 Å². The summed E-state index contributed by atoms with van der Waals surface area (Å²) in [5.74, 6) is 0.511. The van der Waals surface area contributed by atoms with E-state index in [4.69, 9.17) is 4.74 Å². The van der Waals surface area contributed by atoms with Crippen LogP contribution in [-0.4, -0.2) is 48.7 Å². The Hall–Kier alpha value is -2.63. The molecule has 2 aromatic rings. The lowest BCUT2D eigenvalue weighted by Crippen LogP contribution is -2.44. The number of piperidine rings is 1. The Kier molecular flexibility index (Phi) is 5.48. The molecule has 132 valence electrons. The topological polar surface area (TPSA) is 58.6 Å². The van der Waals surface area contributed by atoms with E-state index < -0.39 is 0 Å². The molecule has 1 aromatic heterocycles. The number of aromatic nitrogens is 2. The molecule has 1 fully saturated rings. The third-order valence-electron chi connectivity index (χ3n) is 4.62. The van der Waals surface area contributed by atoms with Crippen molar-refractivity contribution in [1.29, 1.82) is 0 Å². The van der Waals surface area contributed by atoms with E-state index in [-0.39, 0.29) is 5.97 Å². The quantitative estimate of drug-likeness (QED) is 0.780. The number of esters is 1. The summed E-state index contributed by atoms with van der Waals surface area (Å²) in [6.07, 6.45) is 5.65. The number of hydrogen-bond acceptors (Lipinski definition) is 6. The summed E-state index contributed by atoms with van der Waals surface area (Å²) >= 11 is 0. The van der Waals surface area contributed by atoms with Gasteiger partial charge in [0.15, 0.2) is 0 Å². The predicted molar refractivity (Wildman–Crippen MR) is 98.1 cm³/mol. The Morgan fingerprint density at radius 1 is 1.20 bits per heavy atom. The van der Waals surface area contributed by atoms with Crippen molar-refractivity contribution in [2.45, 2.75) is 25.8 Å². The molecule has 0 N–H and O–H groups in total. The van der Waals surface area contributed by atoms with Gasteiger partial charge in [0.1, 0.15) is 0 Å². The van der Waals surface area contributed by atoms with Crippen molar-refractivity contribution in [3.8, 4) is 0 Å². The maximum absolute atomic E-state index is 11.7. The molecule has 6 heteroatoms. The van der Waals surface area contributed by atoms with Crippen LogP contribution in [0.1, 0.15) is 30.1 Å². The average molecular weight is 340 g/mol. The highest BCUT2D eigenvalue weighted by atomic mass is 16.5. The van der Waals surface area contributed by atoms with Gasteiger partial charge in [-0.1, -0.05) is 0 Å². The monoisotopic (exact) mass is 340 g/mol.